The van der Waals surface area contributed by atoms with Crippen molar-refractivity contribution < 1.29 is 0 Å². The van der Waals surface area contributed by atoms with Gasteiger partial charge in [0.2, 0.25) is 0 Å². The van der Waals surface area contributed by atoms with Gasteiger partial charge < -0.3 is 0 Å². The monoisotopic (exact) mass is 350 g/mol. The second-order valence-corrected chi connectivity index (χ2v) is 8.85. The lowest BCUT2D eigenvalue weighted by Gasteiger charge is -2.49. The molecule has 1 saturated heterocycles. The SMILES string of the molecule is Cn1cc(CN2CCC3(CC2)CN(CC2CC2)Cc2ccccc23)cn1. The number of rotatable bonds is 4. The summed E-state index contributed by atoms with van der Waals surface area (Å²) in [6.45, 7) is 7.17. The molecule has 1 aromatic heterocycles. The summed E-state index contributed by atoms with van der Waals surface area (Å²) < 4.78 is 1.91. The lowest BCUT2D eigenvalue weighted by Crippen LogP contribution is -2.52. The number of hydrogen-bond donors (Lipinski definition) is 0. The van der Waals surface area contributed by atoms with Crippen LogP contribution in [0.2, 0.25) is 0 Å². The Labute approximate surface area is 156 Å². The molecule has 4 nitrogen and oxygen atoms in total. The van der Waals surface area contributed by atoms with Crippen LogP contribution in [0.15, 0.2) is 36.7 Å². The molecular weight excluding hydrogens is 320 g/mol. The zero-order valence-corrected chi connectivity index (χ0v) is 15.9. The molecule has 26 heavy (non-hydrogen) atoms. The standard InChI is InChI=1S/C22H30N4/c1-24-13-19(12-23-24)15-25-10-8-22(9-11-25)17-26(14-18-6-7-18)16-20-4-2-3-5-21(20)22/h2-5,12-13,18H,6-11,14-17H2,1H3. The lowest BCUT2D eigenvalue weighted by atomic mass is 9.68. The molecule has 0 radical (unpaired) electrons. The first-order valence-corrected chi connectivity index (χ1v) is 10.2. The third-order valence-electron chi connectivity index (χ3n) is 6.70. The highest BCUT2D eigenvalue weighted by Crippen LogP contribution is 2.43. The van der Waals surface area contributed by atoms with Crippen molar-refractivity contribution in [2.45, 2.75) is 44.2 Å². The number of hydrogen-bond acceptors (Lipinski definition) is 3. The highest BCUT2D eigenvalue weighted by atomic mass is 15.2. The average Bonchev–Trinajstić information content (AvgIpc) is 3.37. The van der Waals surface area contributed by atoms with Crippen LogP contribution in [-0.4, -0.2) is 45.8 Å². The fourth-order valence-corrected chi connectivity index (χ4v) is 5.16. The first kappa shape index (κ1) is 16.5. The number of benzene rings is 1. The molecule has 2 fully saturated rings. The second kappa shape index (κ2) is 6.50. The largest absolute Gasteiger partial charge is 0.299 e. The third kappa shape index (κ3) is 3.21. The van der Waals surface area contributed by atoms with Crippen molar-refractivity contribution in [2.24, 2.45) is 13.0 Å². The zero-order valence-electron chi connectivity index (χ0n) is 15.9. The molecule has 0 amide bonds. The average molecular weight is 351 g/mol. The fraction of sp³-hybridized carbons (Fsp3) is 0.591. The number of aryl methyl sites for hydroxylation is 1. The molecule has 0 bridgehead atoms. The Hall–Kier alpha value is -1.65. The van der Waals surface area contributed by atoms with E-state index in [0.717, 1.165) is 19.0 Å². The highest BCUT2D eigenvalue weighted by molar-refractivity contribution is 5.38. The van der Waals surface area contributed by atoms with Crippen LogP contribution >= 0.6 is 0 Å². The molecular formula is C22H30N4. The Kier molecular flexibility index (Phi) is 4.13. The van der Waals surface area contributed by atoms with Gasteiger partial charge in [-0.2, -0.15) is 5.10 Å². The molecule has 138 valence electrons. The van der Waals surface area contributed by atoms with Crippen molar-refractivity contribution in [3.05, 3.63) is 53.3 Å². The normalized spacial score (nSPS) is 23.3. The summed E-state index contributed by atoms with van der Waals surface area (Å²) in [4.78, 5) is 5.38. The van der Waals surface area contributed by atoms with E-state index in [4.69, 9.17) is 0 Å². The minimum atomic E-state index is 0.370. The predicted molar refractivity (Wildman–Crippen MR) is 104 cm³/mol. The molecule has 3 heterocycles. The molecule has 0 N–H and O–H groups in total. The van der Waals surface area contributed by atoms with E-state index in [1.54, 1.807) is 11.1 Å². The molecule has 1 aromatic carbocycles. The first-order chi connectivity index (χ1) is 12.7. The van der Waals surface area contributed by atoms with Crippen molar-refractivity contribution in [1.29, 1.82) is 0 Å². The van der Waals surface area contributed by atoms with Gasteiger partial charge in [-0.1, -0.05) is 24.3 Å². The molecule has 3 aliphatic rings. The summed E-state index contributed by atoms with van der Waals surface area (Å²) in [7, 11) is 2.00. The van der Waals surface area contributed by atoms with Gasteiger partial charge in [-0.15, -0.1) is 0 Å². The molecule has 1 aliphatic carbocycles. The Balaban J connectivity index is 1.32. The first-order valence-electron chi connectivity index (χ1n) is 10.2. The van der Waals surface area contributed by atoms with Gasteiger partial charge in [0, 0.05) is 50.4 Å². The molecule has 5 rings (SSSR count). The number of aromatic nitrogens is 2. The third-order valence-corrected chi connectivity index (χ3v) is 6.70. The number of likely N-dealkylation sites (tertiary alicyclic amines) is 1. The minimum absolute atomic E-state index is 0.370. The van der Waals surface area contributed by atoms with Crippen LogP contribution in [0.1, 0.15) is 42.4 Å². The Morgan fingerprint density at radius 2 is 1.92 bits per heavy atom. The van der Waals surface area contributed by atoms with Gasteiger partial charge in [0.1, 0.15) is 0 Å². The van der Waals surface area contributed by atoms with Crippen LogP contribution in [0.3, 0.4) is 0 Å². The van der Waals surface area contributed by atoms with Crippen molar-refractivity contribution in [1.82, 2.24) is 19.6 Å². The van der Waals surface area contributed by atoms with E-state index in [1.807, 2.05) is 17.9 Å². The van der Waals surface area contributed by atoms with E-state index in [2.05, 4.69) is 45.4 Å². The van der Waals surface area contributed by atoms with Crippen LogP contribution < -0.4 is 0 Å². The van der Waals surface area contributed by atoms with Crippen molar-refractivity contribution in [2.75, 3.05) is 26.2 Å². The van der Waals surface area contributed by atoms with E-state index in [-0.39, 0.29) is 0 Å². The Morgan fingerprint density at radius 3 is 2.65 bits per heavy atom. The van der Waals surface area contributed by atoms with Gasteiger partial charge >= 0.3 is 0 Å². The van der Waals surface area contributed by atoms with Gasteiger partial charge in [-0.05, 0) is 55.8 Å². The molecule has 0 atom stereocenters. The summed E-state index contributed by atoms with van der Waals surface area (Å²) in [6.07, 6.45) is 9.63. The number of fused-ring (bicyclic) bond motifs is 2. The topological polar surface area (TPSA) is 24.3 Å². The summed E-state index contributed by atoms with van der Waals surface area (Å²) in [5.41, 5.74) is 4.94. The maximum atomic E-state index is 4.32. The van der Waals surface area contributed by atoms with Crippen molar-refractivity contribution in [3.8, 4) is 0 Å². The van der Waals surface area contributed by atoms with Gasteiger partial charge in [-0.25, -0.2) is 0 Å². The van der Waals surface area contributed by atoms with Crippen molar-refractivity contribution >= 4 is 0 Å². The van der Waals surface area contributed by atoms with Gasteiger partial charge in [0.15, 0.2) is 0 Å². The van der Waals surface area contributed by atoms with Crippen molar-refractivity contribution in [3.63, 3.8) is 0 Å². The smallest absolute Gasteiger partial charge is 0.0534 e. The molecule has 1 saturated carbocycles. The second-order valence-electron chi connectivity index (χ2n) is 8.85. The van der Waals surface area contributed by atoms with Gasteiger partial charge in [0.05, 0.1) is 6.20 Å². The zero-order chi connectivity index (χ0) is 17.6. The fourth-order valence-electron chi connectivity index (χ4n) is 5.16. The molecule has 2 aliphatic heterocycles. The van der Waals surface area contributed by atoms with E-state index in [9.17, 15) is 0 Å². The minimum Gasteiger partial charge on any atom is -0.299 e. The van der Waals surface area contributed by atoms with Gasteiger partial charge in [0.25, 0.3) is 0 Å². The molecule has 2 aromatic rings. The van der Waals surface area contributed by atoms with E-state index < -0.39 is 0 Å². The molecule has 4 heteroatoms. The van der Waals surface area contributed by atoms with Crippen LogP contribution in [0.4, 0.5) is 0 Å². The van der Waals surface area contributed by atoms with E-state index >= 15 is 0 Å². The highest BCUT2D eigenvalue weighted by Gasteiger charge is 2.42. The Bertz CT molecular complexity index is 768. The van der Waals surface area contributed by atoms with Gasteiger partial charge in [-0.3, -0.25) is 14.5 Å². The summed E-state index contributed by atoms with van der Waals surface area (Å²) in [5.74, 6) is 0.975. The molecule has 1 spiro atoms. The predicted octanol–water partition coefficient (Wildman–Crippen LogP) is 3.18. The van der Waals surface area contributed by atoms with E-state index in [0.29, 0.717) is 5.41 Å². The van der Waals surface area contributed by atoms with Crippen LogP contribution in [0, 0.1) is 5.92 Å². The summed E-state index contributed by atoms with van der Waals surface area (Å²) >= 11 is 0. The lowest BCUT2D eigenvalue weighted by molar-refractivity contribution is 0.0922. The maximum Gasteiger partial charge on any atom is 0.0534 e. The molecule has 0 unspecified atom stereocenters. The van der Waals surface area contributed by atoms with Crippen LogP contribution in [-0.2, 0) is 25.6 Å². The van der Waals surface area contributed by atoms with Crippen LogP contribution in [0.5, 0.6) is 0 Å². The summed E-state index contributed by atoms with van der Waals surface area (Å²) in [5, 5.41) is 4.32. The maximum absolute atomic E-state index is 4.32. The number of piperidine rings is 1. The summed E-state index contributed by atoms with van der Waals surface area (Å²) in [6, 6.07) is 9.27. The number of nitrogens with zero attached hydrogens (tertiary/aromatic N) is 4. The Morgan fingerprint density at radius 1 is 1.12 bits per heavy atom. The quantitative estimate of drug-likeness (QED) is 0.846. The van der Waals surface area contributed by atoms with Crippen LogP contribution in [0.25, 0.3) is 0 Å². The van der Waals surface area contributed by atoms with E-state index in [1.165, 1.54) is 57.4 Å².